The van der Waals surface area contributed by atoms with Gasteiger partial charge >= 0.3 is 5.97 Å². The van der Waals surface area contributed by atoms with Crippen molar-refractivity contribution in [1.82, 2.24) is 5.32 Å². The van der Waals surface area contributed by atoms with Gasteiger partial charge in [-0.1, -0.05) is 24.3 Å². The molecule has 1 aliphatic carbocycles. The molecule has 1 unspecified atom stereocenters. The molecule has 1 atom stereocenters. The zero-order chi connectivity index (χ0) is 13.7. The average molecular weight is 261 g/mol. The SMILES string of the molecule is CCOC(=O)CNC(=O)C1CCCc2ccccc21. The fraction of sp³-hybridized carbons (Fsp3) is 0.467. The highest BCUT2D eigenvalue weighted by molar-refractivity contribution is 5.87. The lowest BCUT2D eigenvalue weighted by atomic mass is 9.82. The highest BCUT2D eigenvalue weighted by Crippen LogP contribution is 2.31. The first kappa shape index (κ1) is 13.6. The Morgan fingerprint density at radius 1 is 1.37 bits per heavy atom. The number of esters is 1. The van der Waals surface area contributed by atoms with Crippen molar-refractivity contribution in [2.24, 2.45) is 0 Å². The van der Waals surface area contributed by atoms with E-state index < -0.39 is 0 Å². The molecule has 1 amide bonds. The molecule has 0 bridgehead atoms. The minimum atomic E-state index is -0.389. The monoisotopic (exact) mass is 261 g/mol. The van der Waals surface area contributed by atoms with E-state index in [1.54, 1.807) is 6.92 Å². The summed E-state index contributed by atoms with van der Waals surface area (Å²) in [5.41, 5.74) is 2.33. The topological polar surface area (TPSA) is 55.4 Å². The number of fused-ring (bicyclic) bond motifs is 1. The summed E-state index contributed by atoms with van der Waals surface area (Å²) in [5, 5.41) is 2.66. The Balaban J connectivity index is 1.99. The summed E-state index contributed by atoms with van der Waals surface area (Å²) in [6, 6.07) is 8.02. The number of amides is 1. The number of carbonyl (C=O) groups is 2. The third-order valence-electron chi connectivity index (χ3n) is 3.40. The van der Waals surface area contributed by atoms with Crippen molar-refractivity contribution in [3.63, 3.8) is 0 Å². The average Bonchev–Trinajstić information content (AvgIpc) is 2.44. The van der Waals surface area contributed by atoms with Crippen LogP contribution in [-0.4, -0.2) is 25.0 Å². The molecule has 2 rings (SSSR count). The maximum Gasteiger partial charge on any atom is 0.325 e. The molecule has 0 aromatic heterocycles. The van der Waals surface area contributed by atoms with Gasteiger partial charge in [-0.15, -0.1) is 0 Å². The molecule has 0 aliphatic heterocycles. The van der Waals surface area contributed by atoms with Gasteiger partial charge in [0.1, 0.15) is 6.54 Å². The Morgan fingerprint density at radius 3 is 2.95 bits per heavy atom. The Kier molecular flexibility index (Phi) is 4.55. The molecule has 4 nitrogen and oxygen atoms in total. The van der Waals surface area contributed by atoms with Gasteiger partial charge in [0, 0.05) is 0 Å². The summed E-state index contributed by atoms with van der Waals surface area (Å²) in [5.74, 6) is -0.612. The largest absolute Gasteiger partial charge is 0.465 e. The Hall–Kier alpha value is -1.84. The van der Waals surface area contributed by atoms with Crippen LogP contribution in [0.5, 0.6) is 0 Å². The predicted octanol–water partition coefficient (Wildman–Crippen LogP) is 1.79. The number of nitrogens with one attached hydrogen (secondary N) is 1. The van der Waals surface area contributed by atoms with Crippen LogP contribution in [0, 0.1) is 0 Å². The second kappa shape index (κ2) is 6.36. The zero-order valence-corrected chi connectivity index (χ0v) is 11.1. The quantitative estimate of drug-likeness (QED) is 0.841. The van der Waals surface area contributed by atoms with Crippen molar-refractivity contribution >= 4 is 11.9 Å². The van der Waals surface area contributed by atoms with Gasteiger partial charge < -0.3 is 10.1 Å². The molecule has 0 spiro atoms. The third-order valence-corrected chi connectivity index (χ3v) is 3.40. The molecule has 1 aromatic carbocycles. The van der Waals surface area contributed by atoms with Crippen LogP contribution in [-0.2, 0) is 20.7 Å². The lowest BCUT2D eigenvalue weighted by molar-refractivity contribution is -0.143. The molecule has 0 radical (unpaired) electrons. The summed E-state index contributed by atoms with van der Waals surface area (Å²) >= 11 is 0. The van der Waals surface area contributed by atoms with Crippen molar-refractivity contribution in [1.29, 1.82) is 0 Å². The summed E-state index contributed by atoms with van der Waals surface area (Å²) in [4.78, 5) is 23.4. The van der Waals surface area contributed by atoms with E-state index in [2.05, 4.69) is 11.4 Å². The third kappa shape index (κ3) is 3.34. The van der Waals surface area contributed by atoms with Crippen molar-refractivity contribution in [3.05, 3.63) is 35.4 Å². The molecule has 1 aromatic rings. The maximum absolute atomic E-state index is 12.2. The highest BCUT2D eigenvalue weighted by atomic mass is 16.5. The fourth-order valence-corrected chi connectivity index (χ4v) is 2.52. The van der Waals surface area contributed by atoms with E-state index >= 15 is 0 Å². The van der Waals surface area contributed by atoms with E-state index in [-0.39, 0.29) is 24.3 Å². The standard InChI is InChI=1S/C15H19NO3/c1-2-19-14(17)10-16-15(18)13-9-5-7-11-6-3-4-8-12(11)13/h3-4,6,8,13H,2,5,7,9-10H2,1H3,(H,16,18). The van der Waals surface area contributed by atoms with E-state index in [9.17, 15) is 9.59 Å². The fourth-order valence-electron chi connectivity index (χ4n) is 2.52. The number of carbonyl (C=O) groups excluding carboxylic acids is 2. The van der Waals surface area contributed by atoms with Crippen molar-refractivity contribution in [2.75, 3.05) is 13.2 Å². The van der Waals surface area contributed by atoms with E-state index in [0.717, 1.165) is 24.8 Å². The van der Waals surface area contributed by atoms with Gasteiger partial charge in [0.15, 0.2) is 0 Å². The Bertz CT molecular complexity index is 470. The normalized spacial score (nSPS) is 17.4. The second-order valence-electron chi connectivity index (χ2n) is 4.67. The van der Waals surface area contributed by atoms with E-state index in [1.807, 2.05) is 18.2 Å². The molecule has 0 heterocycles. The van der Waals surface area contributed by atoms with Gasteiger partial charge in [-0.05, 0) is 37.3 Å². The molecule has 102 valence electrons. The molecule has 0 saturated carbocycles. The van der Waals surface area contributed by atoms with E-state index in [0.29, 0.717) is 6.61 Å². The Morgan fingerprint density at radius 2 is 2.16 bits per heavy atom. The van der Waals surface area contributed by atoms with Crippen LogP contribution in [0.4, 0.5) is 0 Å². The zero-order valence-electron chi connectivity index (χ0n) is 11.1. The van der Waals surface area contributed by atoms with Crippen LogP contribution in [0.25, 0.3) is 0 Å². The number of hydrogen-bond donors (Lipinski definition) is 1. The molecular weight excluding hydrogens is 242 g/mol. The molecule has 1 aliphatic rings. The van der Waals surface area contributed by atoms with Crippen molar-refractivity contribution in [2.45, 2.75) is 32.1 Å². The van der Waals surface area contributed by atoms with Crippen molar-refractivity contribution < 1.29 is 14.3 Å². The summed E-state index contributed by atoms with van der Waals surface area (Å²) in [7, 11) is 0. The molecule has 19 heavy (non-hydrogen) atoms. The van der Waals surface area contributed by atoms with Crippen molar-refractivity contribution in [3.8, 4) is 0 Å². The van der Waals surface area contributed by atoms with Crippen LogP contribution in [0.3, 0.4) is 0 Å². The van der Waals surface area contributed by atoms with E-state index in [1.165, 1.54) is 5.56 Å². The van der Waals surface area contributed by atoms with Gasteiger partial charge in [-0.2, -0.15) is 0 Å². The van der Waals surface area contributed by atoms with Gasteiger partial charge in [-0.25, -0.2) is 0 Å². The minimum Gasteiger partial charge on any atom is -0.465 e. The first-order valence-corrected chi connectivity index (χ1v) is 6.73. The lowest BCUT2D eigenvalue weighted by Crippen LogP contribution is -2.35. The van der Waals surface area contributed by atoms with Gasteiger partial charge in [0.05, 0.1) is 12.5 Å². The van der Waals surface area contributed by atoms with Gasteiger partial charge in [0.25, 0.3) is 0 Å². The predicted molar refractivity (Wildman–Crippen MR) is 71.8 cm³/mol. The molecule has 0 saturated heterocycles. The van der Waals surface area contributed by atoms with E-state index in [4.69, 9.17) is 4.74 Å². The molecule has 0 fully saturated rings. The van der Waals surface area contributed by atoms with Crippen LogP contribution in [0.2, 0.25) is 0 Å². The van der Waals surface area contributed by atoms with Crippen LogP contribution in [0.1, 0.15) is 36.8 Å². The second-order valence-corrected chi connectivity index (χ2v) is 4.67. The number of hydrogen-bond acceptors (Lipinski definition) is 3. The first-order valence-electron chi connectivity index (χ1n) is 6.73. The highest BCUT2D eigenvalue weighted by Gasteiger charge is 2.26. The summed E-state index contributed by atoms with van der Waals surface area (Å²) < 4.78 is 4.80. The first-order chi connectivity index (χ1) is 9.22. The number of benzene rings is 1. The van der Waals surface area contributed by atoms with Gasteiger partial charge in [-0.3, -0.25) is 9.59 Å². The maximum atomic E-state index is 12.2. The molecule has 1 N–H and O–H groups in total. The number of ether oxygens (including phenoxy) is 1. The van der Waals surface area contributed by atoms with Crippen LogP contribution < -0.4 is 5.32 Å². The number of rotatable bonds is 4. The smallest absolute Gasteiger partial charge is 0.325 e. The summed E-state index contributed by atoms with van der Waals surface area (Å²) in [6.45, 7) is 2.03. The van der Waals surface area contributed by atoms with Gasteiger partial charge in [0.2, 0.25) is 5.91 Å². The van der Waals surface area contributed by atoms with Crippen LogP contribution >= 0.6 is 0 Å². The van der Waals surface area contributed by atoms with Crippen LogP contribution in [0.15, 0.2) is 24.3 Å². The molecular formula is C15H19NO3. The minimum absolute atomic E-state index is 0.0503. The lowest BCUT2D eigenvalue weighted by Gasteiger charge is -2.24. The number of aryl methyl sites for hydroxylation is 1. The Labute approximate surface area is 113 Å². The molecule has 4 heteroatoms. The summed E-state index contributed by atoms with van der Waals surface area (Å²) in [6.07, 6.45) is 2.87.